The summed E-state index contributed by atoms with van der Waals surface area (Å²) in [7, 11) is 0. The Hall–Kier alpha value is -2.24. The predicted octanol–water partition coefficient (Wildman–Crippen LogP) is 1.36. The summed E-state index contributed by atoms with van der Waals surface area (Å²) in [4.78, 5) is 15.4. The second-order valence-electron chi connectivity index (χ2n) is 3.60. The molecule has 0 radical (unpaired) electrons. The number of benzene rings is 1. The lowest BCUT2D eigenvalue weighted by molar-refractivity contribution is -0.116. The molecule has 0 aliphatic rings. The number of aromatic nitrogens is 3. The molecule has 2 rings (SSSR count). The van der Waals surface area contributed by atoms with Crippen LogP contribution in [0.2, 0.25) is 0 Å². The fourth-order valence-electron chi connectivity index (χ4n) is 1.42. The van der Waals surface area contributed by atoms with Crippen molar-refractivity contribution < 1.29 is 9.18 Å². The number of anilines is 1. The van der Waals surface area contributed by atoms with Gasteiger partial charge in [0.2, 0.25) is 5.91 Å². The van der Waals surface area contributed by atoms with Crippen molar-refractivity contribution in [2.24, 2.45) is 0 Å². The van der Waals surface area contributed by atoms with Crippen molar-refractivity contribution in [1.29, 1.82) is 0 Å². The van der Waals surface area contributed by atoms with Gasteiger partial charge >= 0.3 is 0 Å². The molecule has 0 bridgehead atoms. The van der Waals surface area contributed by atoms with E-state index >= 15 is 0 Å². The molecule has 5 nitrogen and oxygen atoms in total. The number of nitrogens with zero attached hydrogens (tertiary/aromatic N) is 3. The standard InChI is InChI=1S/C11H11FN4O/c1-8-4-9(12)2-3-10(8)15-11(17)5-16-7-13-6-14-16/h2-4,6-7H,5H2,1H3,(H,15,17). The van der Waals surface area contributed by atoms with Crippen molar-refractivity contribution >= 4 is 11.6 Å². The molecule has 0 unspecified atom stereocenters. The summed E-state index contributed by atoms with van der Waals surface area (Å²) in [6.45, 7) is 1.81. The summed E-state index contributed by atoms with van der Waals surface area (Å²) in [6.07, 6.45) is 2.81. The van der Waals surface area contributed by atoms with Crippen LogP contribution in [0.4, 0.5) is 10.1 Å². The van der Waals surface area contributed by atoms with Crippen LogP contribution in [0.25, 0.3) is 0 Å². The molecule has 0 saturated carbocycles. The Kier molecular flexibility index (Phi) is 3.13. The Balaban J connectivity index is 2.03. The van der Waals surface area contributed by atoms with E-state index in [4.69, 9.17) is 0 Å². The minimum absolute atomic E-state index is 0.0802. The van der Waals surface area contributed by atoms with E-state index in [1.165, 1.54) is 35.5 Å². The lowest BCUT2D eigenvalue weighted by Gasteiger charge is -2.08. The molecule has 0 fully saturated rings. The molecular formula is C11H11FN4O. The van der Waals surface area contributed by atoms with Crippen LogP contribution >= 0.6 is 0 Å². The lowest BCUT2D eigenvalue weighted by Crippen LogP contribution is -2.19. The van der Waals surface area contributed by atoms with Gasteiger partial charge in [-0.3, -0.25) is 4.79 Å². The molecule has 17 heavy (non-hydrogen) atoms. The number of carbonyl (C=O) groups is 1. The number of amides is 1. The van der Waals surface area contributed by atoms with Crippen LogP contribution in [0.3, 0.4) is 0 Å². The van der Waals surface area contributed by atoms with Gasteiger partial charge < -0.3 is 5.32 Å². The second kappa shape index (κ2) is 4.73. The Labute approximate surface area is 97.3 Å². The van der Waals surface area contributed by atoms with Crippen LogP contribution in [0.1, 0.15) is 5.56 Å². The third-order valence-electron chi connectivity index (χ3n) is 2.23. The van der Waals surface area contributed by atoms with Crippen LogP contribution in [0.15, 0.2) is 30.9 Å². The summed E-state index contributed by atoms with van der Waals surface area (Å²) in [6, 6.07) is 4.20. The van der Waals surface area contributed by atoms with Gasteiger partial charge in [0, 0.05) is 5.69 Å². The molecular weight excluding hydrogens is 223 g/mol. The van der Waals surface area contributed by atoms with Gasteiger partial charge in [0.1, 0.15) is 25.0 Å². The number of hydrogen-bond donors (Lipinski definition) is 1. The fourth-order valence-corrected chi connectivity index (χ4v) is 1.42. The minimum Gasteiger partial charge on any atom is -0.324 e. The average molecular weight is 234 g/mol. The van der Waals surface area contributed by atoms with Crippen molar-refractivity contribution in [1.82, 2.24) is 14.8 Å². The molecule has 1 aromatic heterocycles. The minimum atomic E-state index is -0.322. The highest BCUT2D eigenvalue weighted by Gasteiger charge is 2.06. The number of aryl methyl sites for hydroxylation is 1. The molecule has 6 heteroatoms. The molecule has 0 aliphatic carbocycles. The normalized spacial score (nSPS) is 10.2. The SMILES string of the molecule is Cc1cc(F)ccc1NC(=O)Cn1cncn1. The molecule has 1 N–H and O–H groups in total. The molecule has 0 atom stereocenters. The Bertz CT molecular complexity index is 524. The third-order valence-corrected chi connectivity index (χ3v) is 2.23. The van der Waals surface area contributed by atoms with Gasteiger partial charge in [0.05, 0.1) is 0 Å². The van der Waals surface area contributed by atoms with Gasteiger partial charge in [0.25, 0.3) is 0 Å². The first-order valence-corrected chi connectivity index (χ1v) is 5.03. The number of carbonyl (C=O) groups excluding carboxylic acids is 1. The highest BCUT2D eigenvalue weighted by atomic mass is 19.1. The summed E-state index contributed by atoms with van der Waals surface area (Å²) >= 11 is 0. The van der Waals surface area contributed by atoms with E-state index in [-0.39, 0.29) is 18.3 Å². The second-order valence-corrected chi connectivity index (χ2v) is 3.60. The summed E-state index contributed by atoms with van der Waals surface area (Å²) in [5.41, 5.74) is 1.27. The molecule has 0 aliphatic heterocycles. The molecule has 1 heterocycles. The van der Waals surface area contributed by atoms with Gasteiger partial charge in [-0.2, -0.15) is 5.10 Å². The first-order valence-electron chi connectivity index (χ1n) is 5.03. The number of halogens is 1. The molecule has 2 aromatic rings. The van der Waals surface area contributed by atoms with Crippen LogP contribution in [0.5, 0.6) is 0 Å². The van der Waals surface area contributed by atoms with Crippen molar-refractivity contribution in [2.75, 3.05) is 5.32 Å². The molecule has 1 amide bonds. The van der Waals surface area contributed by atoms with E-state index < -0.39 is 0 Å². The van der Waals surface area contributed by atoms with Crippen molar-refractivity contribution in [3.63, 3.8) is 0 Å². The monoisotopic (exact) mass is 234 g/mol. The summed E-state index contributed by atoms with van der Waals surface area (Å²) in [5, 5.41) is 6.50. The highest BCUT2D eigenvalue weighted by Crippen LogP contribution is 2.15. The van der Waals surface area contributed by atoms with E-state index in [1.54, 1.807) is 6.92 Å². The molecule has 88 valence electrons. The zero-order chi connectivity index (χ0) is 12.3. The van der Waals surface area contributed by atoms with Crippen molar-refractivity contribution in [2.45, 2.75) is 13.5 Å². The first-order chi connectivity index (χ1) is 8.15. The molecule has 0 saturated heterocycles. The molecule has 0 spiro atoms. The summed E-state index contributed by atoms with van der Waals surface area (Å²) in [5.74, 6) is -0.554. The first kappa shape index (κ1) is 11.3. The summed E-state index contributed by atoms with van der Waals surface area (Å²) < 4.78 is 14.3. The van der Waals surface area contributed by atoms with Crippen molar-refractivity contribution in [3.8, 4) is 0 Å². The Morgan fingerprint density at radius 1 is 1.53 bits per heavy atom. The smallest absolute Gasteiger partial charge is 0.246 e. The predicted molar refractivity (Wildman–Crippen MR) is 59.8 cm³/mol. The van der Waals surface area contributed by atoms with Gasteiger partial charge in [-0.05, 0) is 30.7 Å². The fraction of sp³-hybridized carbons (Fsp3) is 0.182. The van der Waals surface area contributed by atoms with Gasteiger partial charge in [-0.25, -0.2) is 14.1 Å². The maximum atomic E-state index is 12.9. The van der Waals surface area contributed by atoms with Crippen LogP contribution in [-0.4, -0.2) is 20.7 Å². The van der Waals surface area contributed by atoms with Gasteiger partial charge in [0.15, 0.2) is 0 Å². The average Bonchev–Trinajstić information content (AvgIpc) is 2.75. The molecule has 1 aromatic carbocycles. The lowest BCUT2D eigenvalue weighted by atomic mass is 10.2. The van der Waals surface area contributed by atoms with E-state index in [2.05, 4.69) is 15.4 Å². The number of nitrogens with one attached hydrogen (secondary N) is 1. The van der Waals surface area contributed by atoms with Crippen LogP contribution in [-0.2, 0) is 11.3 Å². The van der Waals surface area contributed by atoms with E-state index in [0.29, 0.717) is 11.3 Å². The largest absolute Gasteiger partial charge is 0.324 e. The Morgan fingerprint density at radius 3 is 3.00 bits per heavy atom. The van der Waals surface area contributed by atoms with E-state index in [0.717, 1.165) is 0 Å². The topological polar surface area (TPSA) is 59.8 Å². The van der Waals surface area contributed by atoms with Crippen molar-refractivity contribution in [3.05, 3.63) is 42.2 Å². The van der Waals surface area contributed by atoms with Crippen LogP contribution < -0.4 is 5.32 Å². The maximum absolute atomic E-state index is 12.9. The van der Waals surface area contributed by atoms with Gasteiger partial charge in [-0.15, -0.1) is 0 Å². The zero-order valence-electron chi connectivity index (χ0n) is 9.22. The van der Waals surface area contributed by atoms with Gasteiger partial charge in [-0.1, -0.05) is 0 Å². The third kappa shape index (κ3) is 2.87. The quantitative estimate of drug-likeness (QED) is 0.872. The highest BCUT2D eigenvalue weighted by molar-refractivity contribution is 5.91. The number of hydrogen-bond acceptors (Lipinski definition) is 3. The zero-order valence-corrected chi connectivity index (χ0v) is 9.22. The Morgan fingerprint density at radius 2 is 2.35 bits per heavy atom. The van der Waals surface area contributed by atoms with Crippen LogP contribution in [0, 0.1) is 12.7 Å². The van der Waals surface area contributed by atoms with E-state index in [9.17, 15) is 9.18 Å². The number of rotatable bonds is 3. The maximum Gasteiger partial charge on any atom is 0.246 e. The van der Waals surface area contributed by atoms with E-state index in [1.807, 2.05) is 0 Å².